The van der Waals surface area contributed by atoms with Crippen molar-refractivity contribution in [1.29, 1.82) is 0 Å². The Morgan fingerprint density at radius 2 is 0.880 bits per heavy atom. The highest BCUT2D eigenvalue weighted by molar-refractivity contribution is 7.05. The lowest BCUT2D eigenvalue weighted by atomic mass is 9.24. The molecule has 1 heterocycles. The highest BCUT2D eigenvalue weighted by atomic mass is 14.9. The fraction of sp³-hybridized carbons (Fsp3) is 0. The number of benzene rings is 3. The largest absolute Gasteiger partial charge is 0.412 e. The molecule has 0 N–H and O–H groups in total. The molecule has 0 amide bonds. The zero-order valence-electron chi connectivity index (χ0n) is 13.9. The fourth-order valence-electron chi connectivity index (χ4n) is 3.88. The van der Waals surface area contributed by atoms with Crippen LogP contribution < -0.4 is 20.9 Å². The van der Waals surface area contributed by atoms with Crippen LogP contribution in [0.3, 0.4) is 0 Å². The lowest BCUT2D eigenvalue weighted by Crippen LogP contribution is -2.84. The lowest BCUT2D eigenvalue weighted by Gasteiger charge is -2.36. The number of hydrogen-bond donors (Lipinski definition) is 0. The van der Waals surface area contributed by atoms with Gasteiger partial charge in [0.2, 0.25) is 0 Å². The van der Waals surface area contributed by atoms with E-state index in [-0.39, 0.29) is 0 Å². The number of hydrogen-bond acceptors (Lipinski definition) is 1. The molecule has 120 valence electrons. The van der Waals surface area contributed by atoms with Gasteiger partial charge in [-0.2, -0.15) is 0 Å². The molecule has 4 rings (SSSR count). The summed E-state index contributed by atoms with van der Waals surface area (Å²) in [5.41, 5.74) is 3.82. The minimum Gasteiger partial charge on any atom is -0.412 e. The molecule has 0 unspecified atom stereocenters. The maximum absolute atomic E-state index is 4.23. The second-order valence-corrected chi connectivity index (χ2v) is 6.24. The normalized spacial score (nSPS) is 11.2. The van der Waals surface area contributed by atoms with Crippen molar-refractivity contribution in [3.63, 3.8) is 0 Å². The highest BCUT2D eigenvalue weighted by Gasteiger charge is 2.41. The van der Waals surface area contributed by atoms with Crippen LogP contribution >= 0.6 is 0 Å². The van der Waals surface area contributed by atoms with Gasteiger partial charge in [0.1, 0.15) is 12.4 Å². The number of aromatic nitrogens is 2. The summed E-state index contributed by atoms with van der Waals surface area (Å²) >= 11 is 0. The molecule has 2 nitrogen and oxygen atoms in total. The molecular formula is C22H19BN2. The first-order valence-electron chi connectivity index (χ1n) is 8.56. The zero-order chi connectivity index (χ0) is 17.0. The Morgan fingerprint density at radius 1 is 0.520 bits per heavy atom. The molecule has 0 radical (unpaired) electrons. The monoisotopic (exact) mass is 322 g/mol. The van der Waals surface area contributed by atoms with E-state index < -0.39 is 6.28 Å². The summed E-state index contributed by atoms with van der Waals surface area (Å²) < 4.78 is 2.30. The minimum absolute atomic E-state index is 1.27. The molecule has 1 aromatic heterocycles. The van der Waals surface area contributed by atoms with Gasteiger partial charge in [0.05, 0.1) is 12.4 Å². The molecule has 0 aliphatic rings. The molecule has 4 aromatic rings. The smallest absolute Gasteiger partial charge is 0.360 e. The SMILES string of the molecule is c1ccc([B-](c2ccccc2)(c2ccccc2)[n+]2ccncc2)cc1. The molecule has 3 heteroatoms. The van der Waals surface area contributed by atoms with E-state index in [2.05, 4.69) is 113 Å². The lowest BCUT2D eigenvalue weighted by molar-refractivity contribution is -0.540. The number of rotatable bonds is 4. The standard InChI is InChI=1S/C22H19BN2/c1-4-10-20(11-5-1)23(21-12-6-2-7-13-21,22-14-8-3-9-15-22)25-18-16-24-17-19-25/h1-19H. The molecule has 25 heavy (non-hydrogen) atoms. The van der Waals surface area contributed by atoms with Crippen LogP contribution in [0.5, 0.6) is 0 Å². The third-order valence-electron chi connectivity index (χ3n) is 4.94. The van der Waals surface area contributed by atoms with E-state index in [4.69, 9.17) is 0 Å². The van der Waals surface area contributed by atoms with E-state index in [9.17, 15) is 0 Å². The molecule has 0 fully saturated rings. The van der Waals surface area contributed by atoms with E-state index in [0.717, 1.165) is 0 Å². The van der Waals surface area contributed by atoms with Crippen molar-refractivity contribution >= 4 is 22.7 Å². The van der Waals surface area contributed by atoms with Gasteiger partial charge in [0, 0.05) is 0 Å². The summed E-state index contributed by atoms with van der Waals surface area (Å²) in [5, 5.41) is 0. The van der Waals surface area contributed by atoms with Gasteiger partial charge >= 0.3 is 6.28 Å². The molecule has 0 bridgehead atoms. The first-order chi connectivity index (χ1) is 12.4. The van der Waals surface area contributed by atoms with Crippen LogP contribution in [0.15, 0.2) is 116 Å². The molecule has 0 atom stereocenters. The van der Waals surface area contributed by atoms with Gasteiger partial charge in [-0.1, -0.05) is 91.0 Å². The predicted molar refractivity (Wildman–Crippen MR) is 104 cm³/mol. The van der Waals surface area contributed by atoms with Crippen LogP contribution in [-0.2, 0) is 0 Å². The minimum atomic E-state index is -1.34. The second-order valence-electron chi connectivity index (χ2n) is 6.24. The van der Waals surface area contributed by atoms with E-state index in [1.807, 2.05) is 12.4 Å². The number of nitrogens with zero attached hydrogens (tertiary/aromatic N) is 2. The molecular weight excluding hydrogens is 303 g/mol. The van der Waals surface area contributed by atoms with Crippen molar-refractivity contribution in [2.24, 2.45) is 0 Å². The zero-order valence-corrected chi connectivity index (χ0v) is 13.9. The Hall–Kier alpha value is -3.20. The molecule has 0 saturated heterocycles. The van der Waals surface area contributed by atoms with Gasteiger partial charge in [-0.25, -0.2) is 0 Å². The maximum Gasteiger partial charge on any atom is 0.360 e. The Labute approximate surface area is 148 Å². The Bertz CT molecular complexity index is 763. The van der Waals surface area contributed by atoms with Crippen LogP contribution in [0, 0.1) is 0 Å². The van der Waals surface area contributed by atoms with Crippen LogP contribution in [0.2, 0.25) is 0 Å². The Morgan fingerprint density at radius 3 is 1.24 bits per heavy atom. The van der Waals surface area contributed by atoms with E-state index in [1.165, 1.54) is 16.4 Å². The highest BCUT2D eigenvalue weighted by Crippen LogP contribution is 2.04. The van der Waals surface area contributed by atoms with Crippen molar-refractivity contribution in [2.75, 3.05) is 0 Å². The fourth-order valence-corrected chi connectivity index (χ4v) is 3.88. The average Bonchev–Trinajstić information content (AvgIpc) is 2.72. The maximum atomic E-state index is 4.23. The van der Waals surface area contributed by atoms with Crippen molar-refractivity contribution < 1.29 is 4.48 Å². The van der Waals surface area contributed by atoms with Crippen LogP contribution in [0.4, 0.5) is 0 Å². The van der Waals surface area contributed by atoms with Gasteiger partial charge in [0.15, 0.2) is 0 Å². The average molecular weight is 322 g/mol. The summed E-state index contributed by atoms with van der Waals surface area (Å²) in [4.78, 5) is 4.23. The second kappa shape index (κ2) is 6.74. The predicted octanol–water partition coefficient (Wildman–Crippen LogP) is 1.88. The topological polar surface area (TPSA) is 16.8 Å². The van der Waals surface area contributed by atoms with Gasteiger partial charge in [0.25, 0.3) is 0 Å². The van der Waals surface area contributed by atoms with Gasteiger partial charge in [-0.05, 0) is 0 Å². The summed E-state index contributed by atoms with van der Waals surface area (Å²) in [6.45, 7) is 0. The van der Waals surface area contributed by atoms with Crippen LogP contribution in [0.25, 0.3) is 0 Å². The summed E-state index contributed by atoms with van der Waals surface area (Å²) in [6.07, 6.45) is 6.49. The van der Waals surface area contributed by atoms with Crippen molar-refractivity contribution in [2.45, 2.75) is 0 Å². The van der Waals surface area contributed by atoms with Gasteiger partial charge in [-0.15, -0.1) is 16.4 Å². The van der Waals surface area contributed by atoms with Gasteiger partial charge in [-0.3, -0.25) is 4.98 Å². The van der Waals surface area contributed by atoms with Crippen LogP contribution in [-0.4, -0.2) is 11.3 Å². The Balaban J connectivity index is 2.13. The summed E-state index contributed by atoms with van der Waals surface area (Å²) in [6, 6.07) is 32.2. The van der Waals surface area contributed by atoms with Crippen molar-refractivity contribution in [3.05, 3.63) is 116 Å². The third-order valence-corrected chi connectivity index (χ3v) is 4.94. The van der Waals surface area contributed by atoms with Crippen molar-refractivity contribution in [3.8, 4) is 0 Å². The van der Waals surface area contributed by atoms with E-state index in [1.54, 1.807) is 0 Å². The first-order valence-corrected chi connectivity index (χ1v) is 8.56. The molecule has 0 saturated carbocycles. The van der Waals surface area contributed by atoms with Gasteiger partial charge < -0.3 is 4.48 Å². The quantitative estimate of drug-likeness (QED) is 0.524. The molecule has 0 aliphatic carbocycles. The van der Waals surface area contributed by atoms with E-state index in [0.29, 0.717) is 0 Å². The van der Waals surface area contributed by atoms with Crippen molar-refractivity contribution in [1.82, 2.24) is 4.98 Å². The summed E-state index contributed by atoms with van der Waals surface area (Å²) in [7, 11) is 0. The molecule has 0 aliphatic heterocycles. The Kier molecular flexibility index (Phi) is 4.13. The molecule has 0 spiro atoms. The third kappa shape index (κ3) is 2.64. The van der Waals surface area contributed by atoms with Crippen LogP contribution in [0.1, 0.15) is 0 Å². The first kappa shape index (κ1) is 15.3. The summed E-state index contributed by atoms with van der Waals surface area (Å²) in [5.74, 6) is 0. The van der Waals surface area contributed by atoms with E-state index >= 15 is 0 Å². The molecule has 3 aromatic carbocycles.